The minimum Gasteiger partial charge on any atom is -0.375 e. The molecule has 0 aliphatic carbocycles. The number of aromatic nitrogens is 2. The van der Waals surface area contributed by atoms with Crippen LogP contribution in [0, 0.1) is 0 Å². The van der Waals surface area contributed by atoms with Gasteiger partial charge in [-0.15, -0.1) is 0 Å². The smallest absolute Gasteiger partial charge is 0.375 e. The highest BCUT2D eigenvalue weighted by atomic mass is 32.2. The van der Waals surface area contributed by atoms with Crippen LogP contribution in [-0.4, -0.2) is 23.9 Å². The monoisotopic (exact) mass is 266 g/mol. The number of H-pyrrole nitrogens is 1. The normalized spacial score (nSPS) is 12.9. The highest BCUT2D eigenvalue weighted by Crippen LogP contribution is 2.30. The molecule has 0 atom stereocenters. The first-order chi connectivity index (χ1) is 7.81. The Morgan fingerprint density at radius 2 is 2.00 bits per heavy atom. The Morgan fingerprint density at radius 1 is 1.29 bits per heavy atom. The number of nitrogens with one attached hydrogen (secondary N) is 1. The molecule has 1 N–H and O–H groups in total. The third-order valence-electron chi connectivity index (χ3n) is 1.90. The number of fused-ring (bicyclic) bond motifs is 1. The second kappa shape index (κ2) is 3.62. The number of rotatable bonds is 2. The van der Waals surface area contributed by atoms with Gasteiger partial charge in [-0.2, -0.15) is 21.6 Å². The molecule has 0 unspecified atom stereocenters. The van der Waals surface area contributed by atoms with Gasteiger partial charge in [0.1, 0.15) is 5.65 Å². The summed E-state index contributed by atoms with van der Waals surface area (Å²) in [4.78, 5) is 6.40. The molecule has 92 valence electrons. The summed E-state index contributed by atoms with van der Waals surface area (Å²) in [6.07, 6.45) is 2.55. The highest BCUT2D eigenvalue weighted by molar-refractivity contribution is 7.88. The fourth-order valence-electron chi connectivity index (χ4n) is 1.17. The van der Waals surface area contributed by atoms with Crippen molar-refractivity contribution < 1.29 is 25.8 Å². The van der Waals surface area contributed by atoms with E-state index in [9.17, 15) is 21.6 Å². The summed E-state index contributed by atoms with van der Waals surface area (Å²) in [7, 11) is -5.66. The van der Waals surface area contributed by atoms with Gasteiger partial charge < -0.3 is 9.17 Å². The van der Waals surface area contributed by atoms with Gasteiger partial charge >= 0.3 is 15.6 Å². The van der Waals surface area contributed by atoms with Crippen LogP contribution in [-0.2, 0) is 10.1 Å². The first kappa shape index (κ1) is 11.7. The zero-order chi connectivity index (χ0) is 12.7. The van der Waals surface area contributed by atoms with Crippen molar-refractivity contribution >= 4 is 21.2 Å². The van der Waals surface area contributed by atoms with Crippen LogP contribution in [0.2, 0.25) is 0 Å². The van der Waals surface area contributed by atoms with Crippen molar-refractivity contribution in [2.24, 2.45) is 0 Å². The van der Waals surface area contributed by atoms with E-state index in [0.29, 0.717) is 0 Å². The summed E-state index contributed by atoms with van der Waals surface area (Å²) < 4.78 is 62.0. The molecule has 0 radical (unpaired) electrons. The molecular formula is C8H5F3N2O3S. The number of aromatic amines is 1. The topological polar surface area (TPSA) is 72.1 Å². The van der Waals surface area contributed by atoms with Crippen LogP contribution in [0.15, 0.2) is 24.5 Å². The van der Waals surface area contributed by atoms with E-state index >= 15 is 0 Å². The van der Waals surface area contributed by atoms with Gasteiger partial charge in [0.05, 0.1) is 5.39 Å². The van der Waals surface area contributed by atoms with E-state index in [2.05, 4.69) is 14.2 Å². The summed E-state index contributed by atoms with van der Waals surface area (Å²) in [5.74, 6) is -0.423. The minimum atomic E-state index is -5.66. The Balaban J connectivity index is 2.47. The molecule has 2 aromatic rings. The molecule has 0 saturated carbocycles. The van der Waals surface area contributed by atoms with Gasteiger partial charge in [0.25, 0.3) is 0 Å². The van der Waals surface area contributed by atoms with Gasteiger partial charge in [-0.05, 0) is 6.07 Å². The summed E-state index contributed by atoms with van der Waals surface area (Å²) in [5, 5.41) is 0.153. The zero-order valence-electron chi connectivity index (χ0n) is 8.02. The molecule has 0 saturated heterocycles. The predicted molar refractivity (Wildman–Crippen MR) is 51.7 cm³/mol. The number of halogens is 3. The second-order valence-corrected chi connectivity index (χ2v) is 4.57. The van der Waals surface area contributed by atoms with Crippen LogP contribution in [0.25, 0.3) is 11.0 Å². The molecule has 0 aromatic carbocycles. The molecule has 0 spiro atoms. The predicted octanol–water partition coefficient (Wildman–Crippen LogP) is 1.79. The van der Waals surface area contributed by atoms with Crippen molar-refractivity contribution in [3.8, 4) is 5.75 Å². The third kappa shape index (κ3) is 2.05. The van der Waals surface area contributed by atoms with Crippen LogP contribution >= 0.6 is 0 Å². The second-order valence-electron chi connectivity index (χ2n) is 3.03. The molecule has 2 aromatic heterocycles. The molecule has 2 heterocycles. The molecule has 0 fully saturated rings. The van der Waals surface area contributed by atoms with E-state index in [-0.39, 0.29) is 11.0 Å². The first-order valence-electron chi connectivity index (χ1n) is 4.24. The first-order valence-corrected chi connectivity index (χ1v) is 5.65. The average Bonchev–Trinajstić information content (AvgIpc) is 2.64. The molecule has 5 nitrogen and oxygen atoms in total. The Labute approximate surface area is 93.4 Å². The number of nitrogens with zero attached hydrogens (tertiary/aromatic N) is 1. The van der Waals surface area contributed by atoms with E-state index < -0.39 is 21.4 Å². The van der Waals surface area contributed by atoms with Crippen molar-refractivity contribution in [2.45, 2.75) is 5.51 Å². The highest BCUT2D eigenvalue weighted by Gasteiger charge is 2.48. The number of hydrogen-bond donors (Lipinski definition) is 1. The average molecular weight is 266 g/mol. The van der Waals surface area contributed by atoms with Crippen molar-refractivity contribution in [1.29, 1.82) is 0 Å². The number of hydrogen-bond acceptors (Lipinski definition) is 4. The molecule has 17 heavy (non-hydrogen) atoms. The molecular weight excluding hydrogens is 261 g/mol. The summed E-state index contributed by atoms with van der Waals surface area (Å²) >= 11 is 0. The Morgan fingerprint density at radius 3 is 2.65 bits per heavy atom. The maximum Gasteiger partial charge on any atom is 0.534 e. The standard InChI is InChI=1S/C8H5F3N2O3S/c9-8(10,11)17(14,15)16-6-2-4-13-7-5(6)1-3-12-7/h1-4H,(H,12,13). The number of pyridine rings is 1. The van der Waals surface area contributed by atoms with Crippen LogP contribution in [0.4, 0.5) is 13.2 Å². The number of alkyl halides is 3. The lowest BCUT2D eigenvalue weighted by molar-refractivity contribution is -0.0499. The Hall–Kier alpha value is -1.77. The fraction of sp³-hybridized carbons (Fsp3) is 0.125. The van der Waals surface area contributed by atoms with Gasteiger partial charge in [-0.1, -0.05) is 0 Å². The van der Waals surface area contributed by atoms with Gasteiger partial charge in [-0.25, -0.2) is 4.98 Å². The van der Waals surface area contributed by atoms with Crippen LogP contribution < -0.4 is 4.18 Å². The third-order valence-corrected chi connectivity index (χ3v) is 2.87. The van der Waals surface area contributed by atoms with E-state index in [4.69, 9.17) is 0 Å². The largest absolute Gasteiger partial charge is 0.534 e. The summed E-state index contributed by atoms with van der Waals surface area (Å²) in [6.45, 7) is 0. The molecule has 0 bridgehead atoms. The van der Waals surface area contributed by atoms with Crippen molar-refractivity contribution in [3.63, 3.8) is 0 Å². The van der Waals surface area contributed by atoms with Crippen molar-refractivity contribution in [3.05, 3.63) is 24.5 Å². The quantitative estimate of drug-likeness (QED) is 0.664. The van der Waals surface area contributed by atoms with Crippen LogP contribution in [0.3, 0.4) is 0 Å². The van der Waals surface area contributed by atoms with Gasteiger partial charge in [0.15, 0.2) is 5.75 Å². The van der Waals surface area contributed by atoms with Gasteiger partial charge in [0, 0.05) is 18.5 Å². The fourth-order valence-corrected chi connectivity index (χ4v) is 1.65. The van der Waals surface area contributed by atoms with Crippen LogP contribution in [0.5, 0.6) is 5.75 Å². The SMILES string of the molecule is O=S(=O)(Oc1ccnc2[nH]ccc12)C(F)(F)F. The Bertz CT molecular complexity index is 647. The molecule has 2 rings (SSSR count). The lowest BCUT2D eigenvalue weighted by atomic mass is 10.3. The molecule has 0 aliphatic rings. The lowest BCUT2D eigenvalue weighted by Gasteiger charge is -2.09. The van der Waals surface area contributed by atoms with E-state index in [0.717, 1.165) is 12.3 Å². The molecule has 9 heteroatoms. The maximum absolute atomic E-state index is 12.1. The minimum absolute atomic E-state index is 0.153. The van der Waals surface area contributed by atoms with Gasteiger partial charge in [0.2, 0.25) is 0 Å². The van der Waals surface area contributed by atoms with Crippen LogP contribution in [0.1, 0.15) is 0 Å². The molecule has 0 amide bonds. The zero-order valence-corrected chi connectivity index (χ0v) is 8.84. The van der Waals surface area contributed by atoms with Crippen molar-refractivity contribution in [1.82, 2.24) is 9.97 Å². The van der Waals surface area contributed by atoms with E-state index in [1.165, 1.54) is 12.3 Å². The van der Waals surface area contributed by atoms with E-state index in [1.807, 2.05) is 0 Å². The maximum atomic E-state index is 12.1. The lowest BCUT2D eigenvalue weighted by Crippen LogP contribution is -2.28. The molecule has 0 aliphatic heterocycles. The van der Waals surface area contributed by atoms with Crippen molar-refractivity contribution in [2.75, 3.05) is 0 Å². The summed E-state index contributed by atoms with van der Waals surface area (Å²) in [5.41, 5.74) is -5.22. The van der Waals surface area contributed by atoms with E-state index in [1.54, 1.807) is 0 Å². The summed E-state index contributed by atoms with van der Waals surface area (Å²) in [6, 6.07) is 2.41. The van der Waals surface area contributed by atoms with Gasteiger partial charge in [-0.3, -0.25) is 0 Å². The Kier molecular flexibility index (Phi) is 2.49.